The second-order valence-corrected chi connectivity index (χ2v) is 4.63. The highest BCUT2D eigenvalue weighted by Crippen LogP contribution is 2.33. The lowest BCUT2D eigenvalue weighted by atomic mass is 9.81. The van der Waals surface area contributed by atoms with Crippen molar-refractivity contribution in [3.8, 4) is 5.75 Å². The number of nitrogens with two attached hydrogens (primary N) is 1. The van der Waals surface area contributed by atoms with Crippen molar-refractivity contribution in [3.05, 3.63) is 29.6 Å². The minimum Gasteiger partial charge on any atom is -0.505 e. The van der Waals surface area contributed by atoms with Crippen LogP contribution in [0.2, 0.25) is 0 Å². The van der Waals surface area contributed by atoms with Crippen LogP contribution in [-0.2, 0) is 0 Å². The smallest absolute Gasteiger partial charge is 0.165 e. The Morgan fingerprint density at radius 1 is 1.24 bits per heavy atom. The van der Waals surface area contributed by atoms with Crippen LogP contribution in [0.3, 0.4) is 0 Å². The van der Waals surface area contributed by atoms with Crippen molar-refractivity contribution in [2.75, 3.05) is 0 Å². The molecule has 1 aliphatic rings. The number of rotatable bonds is 2. The highest BCUT2D eigenvalue weighted by Gasteiger charge is 2.22. The van der Waals surface area contributed by atoms with Gasteiger partial charge in [0.15, 0.2) is 11.6 Å². The summed E-state index contributed by atoms with van der Waals surface area (Å²) >= 11 is 0. The fourth-order valence-corrected chi connectivity index (χ4v) is 2.50. The predicted octanol–water partition coefficient (Wildman–Crippen LogP) is 3.53. The maximum absolute atomic E-state index is 13.2. The van der Waals surface area contributed by atoms with Gasteiger partial charge in [0.2, 0.25) is 0 Å². The fourth-order valence-electron chi connectivity index (χ4n) is 2.50. The van der Waals surface area contributed by atoms with E-state index in [0.717, 1.165) is 18.4 Å². The Morgan fingerprint density at radius 3 is 2.47 bits per heavy atom. The molecule has 4 heteroatoms. The number of halogens is 2. The molecule has 0 bridgehead atoms. The van der Waals surface area contributed by atoms with Gasteiger partial charge >= 0.3 is 0 Å². The quantitative estimate of drug-likeness (QED) is 0.853. The molecule has 0 saturated heterocycles. The van der Waals surface area contributed by atoms with Crippen LogP contribution < -0.4 is 5.73 Å². The van der Waals surface area contributed by atoms with Crippen molar-refractivity contribution >= 4 is 12.4 Å². The lowest BCUT2D eigenvalue weighted by molar-refractivity contribution is 0.307. The molecule has 0 spiro atoms. The Balaban J connectivity index is 0.00000144. The van der Waals surface area contributed by atoms with E-state index in [0.29, 0.717) is 5.92 Å². The summed E-state index contributed by atoms with van der Waals surface area (Å²) in [4.78, 5) is 0. The monoisotopic (exact) mass is 259 g/mol. The number of phenolic OH excluding ortho intramolecular Hbond substituents is 1. The molecule has 1 aromatic rings. The van der Waals surface area contributed by atoms with Crippen LogP contribution in [0.5, 0.6) is 5.75 Å². The zero-order valence-electron chi connectivity index (χ0n) is 9.73. The summed E-state index contributed by atoms with van der Waals surface area (Å²) in [5, 5.41) is 9.12. The number of aromatic hydroxyl groups is 1. The van der Waals surface area contributed by atoms with Gasteiger partial charge in [-0.1, -0.05) is 25.3 Å². The Kier molecular flexibility index (Phi) is 5.22. The van der Waals surface area contributed by atoms with Crippen LogP contribution in [0.4, 0.5) is 4.39 Å². The van der Waals surface area contributed by atoms with Gasteiger partial charge < -0.3 is 10.8 Å². The molecule has 3 N–H and O–H groups in total. The number of benzene rings is 1. The van der Waals surface area contributed by atoms with Crippen LogP contribution >= 0.6 is 12.4 Å². The van der Waals surface area contributed by atoms with Gasteiger partial charge in [0, 0.05) is 6.04 Å². The van der Waals surface area contributed by atoms with Crippen molar-refractivity contribution < 1.29 is 9.50 Å². The van der Waals surface area contributed by atoms with E-state index in [4.69, 9.17) is 10.8 Å². The maximum Gasteiger partial charge on any atom is 0.165 e. The van der Waals surface area contributed by atoms with Crippen molar-refractivity contribution in [2.45, 2.75) is 38.1 Å². The number of hydrogen-bond acceptors (Lipinski definition) is 2. The molecule has 1 fully saturated rings. The molecule has 1 aromatic carbocycles. The minimum absolute atomic E-state index is 0. The summed E-state index contributed by atoms with van der Waals surface area (Å²) in [5.74, 6) is -0.430. The molecule has 17 heavy (non-hydrogen) atoms. The van der Waals surface area contributed by atoms with Crippen molar-refractivity contribution in [1.29, 1.82) is 0 Å². The van der Waals surface area contributed by atoms with E-state index >= 15 is 0 Å². The average molecular weight is 260 g/mol. The summed E-state index contributed by atoms with van der Waals surface area (Å²) in [6.07, 6.45) is 5.98. The van der Waals surface area contributed by atoms with Crippen LogP contribution in [0.1, 0.15) is 43.7 Å². The van der Waals surface area contributed by atoms with E-state index in [-0.39, 0.29) is 24.2 Å². The Bertz CT molecular complexity index is 366. The first-order chi connectivity index (χ1) is 7.68. The van der Waals surface area contributed by atoms with Gasteiger partial charge in [-0.05, 0) is 36.5 Å². The normalized spacial score (nSPS) is 18.5. The van der Waals surface area contributed by atoms with Crippen molar-refractivity contribution in [2.24, 2.45) is 11.7 Å². The van der Waals surface area contributed by atoms with Crippen LogP contribution in [0.15, 0.2) is 18.2 Å². The molecule has 1 aliphatic carbocycles. The fraction of sp³-hybridized carbons (Fsp3) is 0.538. The van der Waals surface area contributed by atoms with Crippen molar-refractivity contribution in [1.82, 2.24) is 0 Å². The third kappa shape index (κ3) is 3.33. The Hall–Kier alpha value is -0.800. The van der Waals surface area contributed by atoms with E-state index in [1.54, 1.807) is 6.07 Å². The first-order valence-corrected chi connectivity index (χ1v) is 5.92. The van der Waals surface area contributed by atoms with Crippen LogP contribution in [0.25, 0.3) is 0 Å². The van der Waals surface area contributed by atoms with Gasteiger partial charge in [0.1, 0.15) is 0 Å². The molecule has 2 nitrogen and oxygen atoms in total. The first-order valence-electron chi connectivity index (χ1n) is 5.92. The van der Waals surface area contributed by atoms with E-state index in [9.17, 15) is 4.39 Å². The average Bonchev–Trinajstić information content (AvgIpc) is 2.33. The topological polar surface area (TPSA) is 46.2 Å². The summed E-state index contributed by atoms with van der Waals surface area (Å²) < 4.78 is 13.2. The molecule has 0 amide bonds. The molecular weight excluding hydrogens is 241 g/mol. The second-order valence-electron chi connectivity index (χ2n) is 4.63. The SMILES string of the molecule is Cl.N[C@H](c1ccc(O)c(F)c1)C1CCCCC1. The largest absolute Gasteiger partial charge is 0.505 e. The Labute approximate surface area is 107 Å². The van der Waals surface area contributed by atoms with E-state index < -0.39 is 5.82 Å². The summed E-state index contributed by atoms with van der Waals surface area (Å²) in [6, 6.07) is 4.36. The van der Waals surface area contributed by atoms with E-state index in [1.807, 2.05) is 0 Å². The van der Waals surface area contributed by atoms with Gasteiger partial charge in [0.25, 0.3) is 0 Å². The number of hydrogen-bond donors (Lipinski definition) is 2. The summed E-state index contributed by atoms with van der Waals surface area (Å²) in [6.45, 7) is 0. The molecule has 0 aromatic heterocycles. The number of phenols is 1. The van der Waals surface area contributed by atoms with Gasteiger partial charge in [0.05, 0.1) is 0 Å². The van der Waals surface area contributed by atoms with Crippen LogP contribution in [-0.4, -0.2) is 5.11 Å². The van der Waals surface area contributed by atoms with Gasteiger partial charge in [-0.25, -0.2) is 4.39 Å². The van der Waals surface area contributed by atoms with Gasteiger partial charge in [-0.15, -0.1) is 12.4 Å². The summed E-state index contributed by atoms with van der Waals surface area (Å²) in [5.41, 5.74) is 6.93. The zero-order valence-corrected chi connectivity index (χ0v) is 10.5. The first kappa shape index (κ1) is 14.3. The van der Waals surface area contributed by atoms with E-state index in [1.165, 1.54) is 31.4 Å². The molecule has 96 valence electrons. The van der Waals surface area contributed by atoms with Gasteiger partial charge in [-0.2, -0.15) is 0 Å². The lowest BCUT2D eigenvalue weighted by Crippen LogP contribution is -2.23. The zero-order chi connectivity index (χ0) is 11.5. The Morgan fingerprint density at radius 2 is 1.88 bits per heavy atom. The van der Waals surface area contributed by atoms with Crippen molar-refractivity contribution in [3.63, 3.8) is 0 Å². The lowest BCUT2D eigenvalue weighted by Gasteiger charge is -2.27. The predicted molar refractivity (Wildman–Crippen MR) is 68.8 cm³/mol. The third-order valence-electron chi connectivity index (χ3n) is 3.51. The third-order valence-corrected chi connectivity index (χ3v) is 3.51. The standard InChI is InChI=1S/C13H18FNO.ClH/c14-11-8-10(6-7-12(11)16)13(15)9-4-2-1-3-5-9;/h6-9,13,16H,1-5,15H2;1H/t13-;/m0./s1. The molecule has 0 heterocycles. The van der Waals surface area contributed by atoms with Gasteiger partial charge in [-0.3, -0.25) is 0 Å². The van der Waals surface area contributed by atoms with Crippen LogP contribution in [0, 0.1) is 11.7 Å². The molecule has 2 rings (SSSR count). The minimum atomic E-state index is -0.580. The molecule has 1 saturated carbocycles. The highest BCUT2D eigenvalue weighted by molar-refractivity contribution is 5.85. The molecule has 1 atom stereocenters. The second kappa shape index (κ2) is 6.22. The molecule has 0 aliphatic heterocycles. The van der Waals surface area contributed by atoms with E-state index in [2.05, 4.69) is 0 Å². The molecular formula is C13H19ClFNO. The molecule has 0 radical (unpaired) electrons. The highest BCUT2D eigenvalue weighted by atomic mass is 35.5. The maximum atomic E-state index is 13.2. The molecule has 0 unspecified atom stereocenters. The summed E-state index contributed by atoms with van der Waals surface area (Å²) in [7, 11) is 0.